The van der Waals surface area contributed by atoms with Crippen LogP contribution in [-0.2, 0) is 17.1 Å². The van der Waals surface area contributed by atoms with Gasteiger partial charge in [0.25, 0.3) is 5.69 Å². The molecule has 7 heteroatoms. The zero-order chi connectivity index (χ0) is 15.5. The Hall–Kier alpha value is -2.12. The summed E-state index contributed by atoms with van der Waals surface area (Å²) in [5.41, 5.74) is 1.29. The third kappa shape index (κ3) is 3.05. The van der Waals surface area contributed by atoms with Crippen molar-refractivity contribution in [1.82, 2.24) is 0 Å². The summed E-state index contributed by atoms with van der Waals surface area (Å²) in [6.45, 7) is 0.385. The van der Waals surface area contributed by atoms with Crippen molar-refractivity contribution in [1.29, 1.82) is 0 Å². The van der Waals surface area contributed by atoms with Gasteiger partial charge in [0.15, 0.2) is 6.79 Å². The maximum absolute atomic E-state index is 13.7. The molecule has 0 N–H and O–H groups in total. The Morgan fingerprint density at radius 3 is 2.91 bits per heavy atom. The Morgan fingerprint density at radius 1 is 1.32 bits per heavy atom. The van der Waals surface area contributed by atoms with Crippen LogP contribution in [0, 0.1) is 15.9 Å². The monoisotopic (exact) mass is 321 g/mol. The number of fused-ring (bicyclic) bond motifs is 1. The maximum atomic E-state index is 13.7. The van der Waals surface area contributed by atoms with E-state index in [1.165, 1.54) is 30.0 Å². The fourth-order valence-electron chi connectivity index (χ4n) is 2.21. The fourth-order valence-corrected chi connectivity index (χ4v) is 3.12. The predicted molar refractivity (Wildman–Crippen MR) is 79.3 cm³/mol. The van der Waals surface area contributed by atoms with Gasteiger partial charge in [-0.2, -0.15) is 0 Å². The van der Waals surface area contributed by atoms with E-state index in [4.69, 9.17) is 9.47 Å². The molecule has 0 fully saturated rings. The second kappa shape index (κ2) is 6.33. The first-order valence-electron chi connectivity index (χ1n) is 6.53. The molecule has 5 nitrogen and oxygen atoms in total. The molecule has 0 saturated heterocycles. The average Bonchev–Trinajstić information content (AvgIpc) is 2.53. The summed E-state index contributed by atoms with van der Waals surface area (Å²) in [5, 5.41) is 11.0. The molecule has 0 amide bonds. The number of thioether (sulfide) groups is 1. The molecule has 3 rings (SSSR count). The maximum Gasteiger partial charge on any atom is 0.270 e. The molecule has 0 aromatic heterocycles. The van der Waals surface area contributed by atoms with Crippen LogP contribution < -0.4 is 4.74 Å². The lowest BCUT2D eigenvalue weighted by Gasteiger charge is -2.20. The molecule has 2 aromatic carbocycles. The number of rotatable bonds is 4. The van der Waals surface area contributed by atoms with Gasteiger partial charge in [-0.3, -0.25) is 10.1 Å². The Morgan fingerprint density at radius 2 is 2.14 bits per heavy atom. The molecule has 0 unspecified atom stereocenters. The van der Waals surface area contributed by atoms with Gasteiger partial charge >= 0.3 is 0 Å². The number of nitrogens with zero attached hydrogens (tertiary/aromatic N) is 1. The summed E-state index contributed by atoms with van der Waals surface area (Å²) in [6, 6.07) is 9.35. The van der Waals surface area contributed by atoms with Gasteiger partial charge in [-0.15, -0.1) is 11.8 Å². The molecule has 22 heavy (non-hydrogen) atoms. The highest BCUT2D eigenvalue weighted by atomic mass is 32.2. The smallest absolute Gasteiger partial charge is 0.270 e. The summed E-state index contributed by atoms with van der Waals surface area (Å²) < 4.78 is 24.3. The van der Waals surface area contributed by atoms with Crippen molar-refractivity contribution >= 4 is 17.4 Å². The Bertz CT molecular complexity index is 723. The minimum Gasteiger partial charge on any atom is -0.467 e. The molecule has 0 aliphatic carbocycles. The van der Waals surface area contributed by atoms with E-state index in [1.807, 2.05) is 0 Å². The van der Waals surface area contributed by atoms with E-state index in [1.54, 1.807) is 18.2 Å². The van der Waals surface area contributed by atoms with Gasteiger partial charge in [-0.1, -0.05) is 12.1 Å². The second-order valence-corrected chi connectivity index (χ2v) is 5.70. The van der Waals surface area contributed by atoms with Crippen LogP contribution in [0.1, 0.15) is 11.1 Å². The zero-order valence-corrected chi connectivity index (χ0v) is 12.3. The molecular weight excluding hydrogens is 309 g/mol. The first kappa shape index (κ1) is 14.8. The summed E-state index contributed by atoms with van der Waals surface area (Å²) in [4.78, 5) is 11.1. The van der Waals surface area contributed by atoms with E-state index < -0.39 is 4.92 Å². The fraction of sp³-hybridized carbons (Fsp3) is 0.200. The number of nitro benzene ring substituents is 1. The Labute approximate surface area is 130 Å². The number of hydrogen-bond acceptors (Lipinski definition) is 5. The lowest BCUT2D eigenvalue weighted by atomic mass is 10.1. The summed E-state index contributed by atoms with van der Waals surface area (Å²) >= 11 is 1.27. The minimum absolute atomic E-state index is 0.0167. The molecular formula is C15H12FNO4S. The highest BCUT2D eigenvalue weighted by Gasteiger charge is 2.21. The molecule has 0 atom stereocenters. The molecule has 0 saturated carbocycles. The largest absolute Gasteiger partial charge is 0.467 e. The van der Waals surface area contributed by atoms with E-state index >= 15 is 0 Å². The summed E-state index contributed by atoms with van der Waals surface area (Å²) in [5.74, 6) is 0.669. The van der Waals surface area contributed by atoms with Gasteiger partial charge in [-0.05, 0) is 12.1 Å². The molecule has 0 bridgehead atoms. The van der Waals surface area contributed by atoms with Crippen molar-refractivity contribution in [2.24, 2.45) is 0 Å². The zero-order valence-electron chi connectivity index (χ0n) is 11.5. The molecule has 1 heterocycles. The molecule has 114 valence electrons. The third-order valence-electron chi connectivity index (χ3n) is 3.20. The van der Waals surface area contributed by atoms with E-state index in [2.05, 4.69) is 0 Å². The Kier molecular flexibility index (Phi) is 4.26. The van der Waals surface area contributed by atoms with E-state index in [0.29, 0.717) is 27.5 Å². The SMILES string of the molecule is O=[N+]([O-])c1cc2c(c(CSc3ccccc3F)c1)OCOC2. The van der Waals surface area contributed by atoms with Crippen LogP contribution in [0.25, 0.3) is 0 Å². The van der Waals surface area contributed by atoms with Crippen LogP contribution in [0.15, 0.2) is 41.3 Å². The topological polar surface area (TPSA) is 61.6 Å². The lowest BCUT2D eigenvalue weighted by molar-refractivity contribution is -0.385. The van der Waals surface area contributed by atoms with Crippen molar-refractivity contribution in [3.63, 3.8) is 0 Å². The quantitative estimate of drug-likeness (QED) is 0.485. The van der Waals surface area contributed by atoms with Crippen LogP contribution in [-0.4, -0.2) is 11.7 Å². The van der Waals surface area contributed by atoms with E-state index in [9.17, 15) is 14.5 Å². The van der Waals surface area contributed by atoms with Crippen molar-refractivity contribution in [3.05, 3.63) is 63.5 Å². The highest BCUT2D eigenvalue weighted by molar-refractivity contribution is 7.98. The third-order valence-corrected chi connectivity index (χ3v) is 4.30. The normalized spacial score (nSPS) is 13.3. The first-order valence-corrected chi connectivity index (χ1v) is 7.52. The van der Waals surface area contributed by atoms with Gasteiger partial charge in [0.05, 0.1) is 11.5 Å². The molecule has 1 aliphatic heterocycles. The molecule has 1 aliphatic rings. The molecule has 0 spiro atoms. The standard InChI is InChI=1S/C15H12FNO4S/c16-13-3-1-2-4-14(13)22-8-11-6-12(17(18)19)5-10-7-20-9-21-15(10)11/h1-6H,7-9H2. The van der Waals surface area contributed by atoms with Crippen molar-refractivity contribution in [3.8, 4) is 5.75 Å². The van der Waals surface area contributed by atoms with Gasteiger partial charge in [0.2, 0.25) is 0 Å². The minimum atomic E-state index is -0.452. The van der Waals surface area contributed by atoms with Gasteiger partial charge in [0.1, 0.15) is 11.6 Å². The van der Waals surface area contributed by atoms with Crippen LogP contribution in [0.4, 0.5) is 10.1 Å². The lowest BCUT2D eigenvalue weighted by Crippen LogP contribution is -2.13. The van der Waals surface area contributed by atoms with E-state index in [0.717, 1.165) is 0 Å². The second-order valence-electron chi connectivity index (χ2n) is 4.68. The number of ether oxygens (including phenoxy) is 2. The number of hydrogen-bond donors (Lipinski definition) is 0. The summed E-state index contributed by atoms with van der Waals surface area (Å²) in [7, 11) is 0. The number of benzene rings is 2. The van der Waals surface area contributed by atoms with Gasteiger partial charge in [0, 0.05) is 33.9 Å². The van der Waals surface area contributed by atoms with E-state index in [-0.39, 0.29) is 24.9 Å². The first-order chi connectivity index (χ1) is 10.6. The Balaban J connectivity index is 1.90. The van der Waals surface area contributed by atoms with Crippen molar-refractivity contribution in [2.45, 2.75) is 17.3 Å². The van der Waals surface area contributed by atoms with Crippen molar-refractivity contribution in [2.75, 3.05) is 6.79 Å². The molecule has 0 radical (unpaired) electrons. The van der Waals surface area contributed by atoms with Crippen LogP contribution in [0.2, 0.25) is 0 Å². The highest BCUT2D eigenvalue weighted by Crippen LogP contribution is 2.36. The number of halogens is 1. The van der Waals surface area contributed by atoms with Crippen LogP contribution >= 0.6 is 11.8 Å². The van der Waals surface area contributed by atoms with Gasteiger partial charge < -0.3 is 9.47 Å². The predicted octanol–water partition coefficient (Wildman–Crippen LogP) is 3.89. The van der Waals surface area contributed by atoms with Gasteiger partial charge in [-0.25, -0.2) is 4.39 Å². The van der Waals surface area contributed by atoms with Crippen molar-refractivity contribution < 1.29 is 18.8 Å². The average molecular weight is 321 g/mol. The number of non-ortho nitro benzene ring substituents is 1. The number of nitro groups is 1. The van der Waals surface area contributed by atoms with Crippen LogP contribution in [0.5, 0.6) is 5.75 Å². The summed E-state index contributed by atoms with van der Waals surface area (Å²) in [6.07, 6.45) is 0. The van der Waals surface area contributed by atoms with Crippen LogP contribution in [0.3, 0.4) is 0 Å². The molecule has 2 aromatic rings.